The number of allylic oxidation sites excluding steroid dienone is 1. The largest absolute Gasteiger partial charge is 0.228 e. The summed E-state index contributed by atoms with van der Waals surface area (Å²) in [4.78, 5) is 7.81. The van der Waals surface area contributed by atoms with E-state index in [0.717, 1.165) is 35.6 Å². The van der Waals surface area contributed by atoms with Crippen molar-refractivity contribution in [2.45, 2.75) is 19.8 Å². The summed E-state index contributed by atoms with van der Waals surface area (Å²) in [6, 6.07) is 18.9. The number of nitrogens with zero attached hydrogens (tertiary/aromatic N) is 3. The average Bonchev–Trinajstić information content (AvgIpc) is 3.56. The van der Waals surface area contributed by atoms with Crippen molar-refractivity contribution in [1.82, 2.24) is 14.8 Å². The number of pyridine rings is 1. The standard InChI is InChI=1S/C25H19N3S2/c1-16-22-23(21-10-6-14-30-21)20-12-11-17(15-19-9-5-13-29-19)24(20)26-25(22)28(27-16)18-7-3-2-4-8-18/h2-10,13-15H,11-12H2,1H3/b17-15-. The molecule has 5 aromatic rings. The van der Waals surface area contributed by atoms with Gasteiger partial charge in [0.05, 0.1) is 22.5 Å². The van der Waals surface area contributed by atoms with E-state index in [1.54, 1.807) is 22.7 Å². The Kier molecular flexibility index (Phi) is 4.18. The van der Waals surface area contributed by atoms with Gasteiger partial charge in [-0.2, -0.15) is 5.10 Å². The molecule has 0 radical (unpaired) electrons. The number of fused-ring (bicyclic) bond motifs is 2. The van der Waals surface area contributed by atoms with Crippen LogP contribution in [0.3, 0.4) is 0 Å². The molecular weight excluding hydrogens is 406 g/mol. The maximum Gasteiger partial charge on any atom is 0.164 e. The van der Waals surface area contributed by atoms with Crippen LogP contribution in [0.15, 0.2) is 65.4 Å². The molecule has 0 saturated carbocycles. The molecule has 0 saturated heterocycles. The summed E-state index contributed by atoms with van der Waals surface area (Å²) >= 11 is 3.57. The quantitative estimate of drug-likeness (QED) is 0.311. The van der Waals surface area contributed by atoms with Gasteiger partial charge in [-0.05, 0) is 72.0 Å². The molecule has 0 fully saturated rings. The first kappa shape index (κ1) is 17.8. The zero-order valence-corrected chi connectivity index (χ0v) is 18.1. The molecule has 0 aliphatic heterocycles. The van der Waals surface area contributed by atoms with Crippen molar-refractivity contribution in [2.24, 2.45) is 0 Å². The molecular formula is C25H19N3S2. The highest BCUT2D eigenvalue weighted by atomic mass is 32.1. The zero-order chi connectivity index (χ0) is 20.1. The van der Waals surface area contributed by atoms with Gasteiger partial charge in [-0.1, -0.05) is 30.3 Å². The summed E-state index contributed by atoms with van der Waals surface area (Å²) < 4.78 is 2.00. The van der Waals surface area contributed by atoms with Crippen LogP contribution in [0.1, 0.15) is 28.2 Å². The Labute approximate surface area is 183 Å². The second kappa shape index (κ2) is 7.04. The van der Waals surface area contributed by atoms with E-state index in [0.29, 0.717) is 0 Å². The third kappa shape index (κ3) is 2.77. The summed E-state index contributed by atoms with van der Waals surface area (Å²) in [5.41, 5.74) is 8.16. The van der Waals surface area contributed by atoms with Gasteiger partial charge in [-0.25, -0.2) is 9.67 Å². The van der Waals surface area contributed by atoms with Gasteiger partial charge in [0, 0.05) is 15.3 Å². The highest BCUT2D eigenvalue weighted by Crippen LogP contribution is 2.44. The fourth-order valence-electron chi connectivity index (χ4n) is 4.37. The maximum absolute atomic E-state index is 5.23. The lowest BCUT2D eigenvalue weighted by Crippen LogP contribution is -2.00. The van der Waals surface area contributed by atoms with Crippen LogP contribution in [0.4, 0.5) is 0 Å². The molecule has 4 aromatic heterocycles. The molecule has 0 unspecified atom stereocenters. The van der Waals surface area contributed by atoms with Gasteiger partial charge in [-0.3, -0.25) is 0 Å². The second-order valence-electron chi connectivity index (χ2n) is 7.51. The van der Waals surface area contributed by atoms with E-state index in [-0.39, 0.29) is 0 Å². The molecule has 0 atom stereocenters. The summed E-state index contributed by atoms with van der Waals surface area (Å²) in [7, 11) is 0. The predicted octanol–water partition coefficient (Wildman–Crippen LogP) is 7.01. The van der Waals surface area contributed by atoms with E-state index in [4.69, 9.17) is 10.1 Å². The maximum atomic E-state index is 5.23. The lowest BCUT2D eigenvalue weighted by atomic mass is 10.0. The number of rotatable bonds is 3. The summed E-state index contributed by atoms with van der Waals surface area (Å²) in [5.74, 6) is 0. The first-order valence-corrected chi connectivity index (χ1v) is 11.8. The van der Waals surface area contributed by atoms with Crippen molar-refractivity contribution < 1.29 is 0 Å². The molecule has 146 valence electrons. The van der Waals surface area contributed by atoms with Crippen LogP contribution >= 0.6 is 22.7 Å². The first-order chi connectivity index (χ1) is 14.8. The number of hydrogen-bond acceptors (Lipinski definition) is 4. The van der Waals surface area contributed by atoms with Crippen molar-refractivity contribution in [3.8, 4) is 16.1 Å². The Hall–Kier alpha value is -3.02. The van der Waals surface area contributed by atoms with E-state index in [9.17, 15) is 0 Å². The highest BCUT2D eigenvalue weighted by Gasteiger charge is 2.28. The van der Waals surface area contributed by atoms with Crippen LogP contribution in [0.25, 0.3) is 38.8 Å². The van der Waals surface area contributed by atoms with Gasteiger partial charge >= 0.3 is 0 Å². The molecule has 0 amide bonds. The third-order valence-corrected chi connectivity index (χ3v) is 7.37. The monoisotopic (exact) mass is 425 g/mol. The number of hydrogen-bond donors (Lipinski definition) is 0. The van der Waals surface area contributed by atoms with Crippen LogP contribution in [0.5, 0.6) is 0 Å². The Morgan fingerprint density at radius 3 is 2.53 bits per heavy atom. The smallest absolute Gasteiger partial charge is 0.164 e. The number of aromatic nitrogens is 3. The fourth-order valence-corrected chi connectivity index (χ4v) is 5.85. The fraction of sp³-hybridized carbons (Fsp3) is 0.120. The van der Waals surface area contributed by atoms with Crippen LogP contribution in [0, 0.1) is 6.92 Å². The van der Waals surface area contributed by atoms with Gasteiger partial charge < -0.3 is 0 Å². The van der Waals surface area contributed by atoms with Gasteiger partial charge in [0.15, 0.2) is 5.65 Å². The molecule has 3 nitrogen and oxygen atoms in total. The Balaban J connectivity index is 1.68. The molecule has 0 N–H and O–H groups in total. The minimum Gasteiger partial charge on any atom is -0.228 e. The molecule has 6 rings (SSSR count). The lowest BCUT2D eigenvalue weighted by molar-refractivity contribution is 0.877. The van der Waals surface area contributed by atoms with E-state index >= 15 is 0 Å². The van der Waals surface area contributed by atoms with Crippen LogP contribution in [-0.4, -0.2) is 14.8 Å². The third-order valence-electron chi connectivity index (χ3n) is 5.67. The molecule has 30 heavy (non-hydrogen) atoms. The van der Waals surface area contributed by atoms with Crippen LogP contribution < -0.4 is 0 Å². The zero-order valence-electron chi connectivity index (χ0n) is 16.5. The minimum atomic E-state index is 0.944. The van der Waals surface area contributed by atoms with Crippen molar-refractivity contribution in [3.63, 3.8) is 0 Å². The van der Waals surface area contributed by atoms with Gasteiger partial charge in [0.1, 0.15) is 0 Å². The number of benzene rings is 1. The van der Waals surface area contributed by atoms with E-state index in [1.165, 1.54) is 31.8 Å². The SMILES string of the molecule is Cc1nn(-c2ccccc2)c2nc3c(c(-c4cccs4)c12)CC/C3=C/c1cccs1. The lowest BCUT2D eigenvalue weighted by Gasteiger charge is -2.10. The van der Waals surface area contributed by atoms with E-state index in [1.807, 2.05) is 22.9 Å². The molecule has 1 aliphatic carbocycles. The normalized spacial score (nSPS) is 14.6. The molecule has 0 spiro atoms. The van der Waals surface area contributed by atoms with Crippen LogP contribution in [-0.2, 0) is 6.42 Å². The summed E-state index contributed by atoms with van der Waals surface area (Å²) in [5, 5.41) is 10.4. The molecule has 1 aromatic carbocycles. The second-order valence-corrected chi connectivity index (χ2v) is 9.43. The Morgan fingerprint density at radius 2 is 1.77 bits per heavy atom. The van der Waals surface area contributed by atoms with Crippen molar-refractivity contribution in [1.29, 1.82) is 0 Å². The van der Waals surface area contributed by atoms with Crippen molar-refractivity contribution >= 4 is 45.4 Å². The number of para-hydroxylation sites is 1. The van der Waals surface area contributed by atoms with Crippen molar-refractivity contribution in [2.75, 3.05) is 0 Å². The predicted molar refractivity (Wildman–Crippen MR) is 127 cm³/mol. The van der Waals surface area contributed by atoms with Gasteiger partial charge in [-0.15, -0.1) is 22.7 Å². The summed E-state index contributed by atoms with van der Waals surface area (Å²) in [6.07, 6.45) is 4.37. The molecule has 4 heterocycles. The first-order valence-electron chi connectivity index (χ1n) is 10.1. The highest BCUT2D eigenvalue weighted by molar-refractivity contribution is 7.13. The Bertz CT molecular complexity index is 1380. The summed E-state index contributed by atoms with van der Waals surface area (Å²) in [6.45, 7) is 2.10. The van der Waals surface area contributed by atoms with Crippen molar-refractivity contribution in [3.05, 3.63) is 87.2 Å². The van der Waals surface area contributed by atoms with Crippen LogP contribution in [0.2, 0.25) is 0 Å². The molecule has 0 bridgehead atoms. The molecule has 5 heteroatoms. The Morgan fingerprint density at radius 1 is 0.933 bits per heavy atom. The number of aryl methyl sites for hydroxylation is 1. The minimum absolute atomic E-state index is 0.944. The average molecular weight is 426 g/mol. The van der Waals surface area contributed by atoms with E-state index in [2.05, 4.69) is 60.2 Å². The topological polar surface area (TPSA) is 30.7 Å². The number of thiophene rings is 2. The van der Waals surface area contributed by atoms with E-state index < -0.39 is 0 Å². The van der Waals surface area contributed by atoms with Gasteiger partial charge in [0.25, 0.3) is 0 Å². The van der Waals surface area contributed by atoms with Gasteiger partial charge in [0.2, 0.25) is 0 Å². The molecule has 1 aliphatic rings.